The summed E-state index contributed by atoms with van der Waals surface area (Å²) in [6.07, 6.45) is 3.05. The van der Waals surface area contributed by atoms with Gasteiger partial charge in [0.15, 0.2) is 5.96 Å². The Morgan fingerprint density at radius 1 is 1.36 bits per heavy atom. The lowest BCUT2D eigenvalue weighted by Gasteiger charge is -2.34. The fourth-order valence-electron chi connectivity index (χ4n) is 3.11. The molecule has 1 amide bonds. The molecule has 1 fully saturated rings. The van der Waals surface area contributed by atoms with Crippen LogP contribution in [0.2, 0.25) is 0 Å². The molecule has 0 bridgehead atoms. The van der Waals surface area contributed by atoms with Crippen LogP contribution in [-0.4, -0.2) is 49.5 Å². The minimum Gasteiger partial charge on any atom is -0.356 e. The second-order valence-electron chi connectivity index (χ2n) is 7.24. The molecule has 6 heteroatoms. The number of piperidine rings is 1. The summed E-state index contributed by atoms with van der Waals surface area (Å²) in [5, 5.41) is 9.09. The minimum atomic E-state index is 0.0868. The third-order valence-corrected chi connectivity index (χ3v) is 5.51. The smallest absolute Gasteiger partial charge is 0.225 e. The first-order chi connectivity index (χ1) is 12.0. The molecule has 0 radical (unpaired) electrons. The van der Waals surface area contributed by atoms with Gasteiger partial charge in [0.1, 0.15) is 0 Å². The maximum atomic E-state index is 12.1. The summed E-state index contributed by atoms with van der Waals surface area (Å²) in [4.78, 5) is 19.8. The summed E-state index contributed by atoms with van der Waals surface area (Å²) in [7, 11) is 1.82. The normalized spacial score (nSPS) is 17.6. The number of aliphatic imine (C=N–C) groups is 1. The molecule has 2 heterocycles. The van der Waals surface area contributed by atoms with Gasteiger partial charge < -0.3 is 15.5 Å². The topological polar surface area (TPSA) is 56.7 Å². The molecule has 1 saturated heterocycles. The van der Waals surface area contributed by atoms with E-state index in [1.165, 1.54) is 4.88 Å². The van der Waals surface area contributed by atoms with E-state index in [4.69, 9.17) is 0 Å². The number of guanidine groups is 1. The fraction of sp³-hybridized carbons (Fsp3) is 0.684. The standard InChI is InChI=1S/C19H32N4OS/c1-14(2)18(24)23-9-7-16(8-10-23)22-19(20-4)21-13-15(3)12-17-6-5-11-25-17/h5-6,11,14-16H,7-10,12-13H2,1-4H3,(H2,20,21,22). The summed E-state index contributed by atoms with van der Waals surface area (Å²) >= 11 is 1.82. The lowest BCUT2D eigenvalue weighted by atomic mass is 10.0. The van der Waals surface area contributed by atoms with Crippen molar-refractivity contribution in [2.24, 2.45) is 16.8 Å². The number of likely N-dealkylation sites (tertiary alicyclic amines) is 1. The van der Waals surface area contributed by atoms with Crippen LogP contribution in [0.15, 0.2) is 22.5 Å². The first kappa shape index (κ1) is 19.8. The van der Waals surface area contributed by atoms with E-state index >= 15 is 0 Å². The molecule has 1 unspecified atom stereocenters. The molecule has 0 aromatic carbocycles. The zero-order valence-electron chi connectivity index (χ0n) is 15.9. The highest BCUT2D eigenvalue weighted by Gasteiger charge is 2.24. The van der Waals surface area contributed by atoms with E-state index < -0.39 is 0 Å². The Hall–Kier alpha value is -1.56. The number of amides is 1. The highest BCUT2D eigenvalue weighted by molar-refractivity contribution is 7.09. The maximum absolute atomic E-state index is 12.1. The molecule has 1 aliphatic heterocycles. The van der Waals surface area contributed by atoms with Crippen molar-refractivity contribution in [2.45, 2.75) is 46.1 Å². The van der Waals surface area contributed by atoms with Gasteiger partial charge in [0, 0.05) is 43.5 Å². The molecule has 0 saturated carbocycles. The summed E-state index contributed by atoms with van der Waals surface area (Å²) in [6, 6.07) is 4.69. The van der Waals surface area contributed by atoms with Crippen LogP contribution in [0.3, 0.4) is 0 Å². The van der Waals surface area contributed by atoms with Crippen molar-refractivity contribution in [3.63, 3.8) is 0 Å². The predicted octanol–water partition coefficient (Wildman–Crippen LogP) is 2.74. The lowest BCUT2D eigenvalue weighted by Crippen LogP contribution is -2.50. The molecule has 5 nitrogen and oxygen atoms in total. The number of carbonyl (C=O) groups is 1. The second kappa shape index (κ2) is 9.80. The Balaban J connectivity index is 1.71. The molecule has 0 spiro atoms. The average Bonchev–Trinajstić information content (AvgIpc) is 3.11. The zero-order chi connectivity index (χ0) is 18.2. The van der Waals surface area contributed by atoms with E-state index in [-0.39, 0.29) is 11.8 Å². The van der Waals surface area contributed by atoms with Gasteiger partial charge in [-0.15, -0.1) is 11.3 Å². The van der Waals surface area contributed by atoms with Crippen molar-refractivity contribution in [1.82, 2.24) is 15.5 Å². The number of hydrogen-bond acceptors (Lipinski definition) is 3. The van der Waals surface area contributed by atoms with Crippen molar-refractivity contribution < 1.29 is 4.79 Å². The quantitative estimate of drug-likeness (QED) is 0.603. The van der Waals surface area contributed by atoms with E-state index in [0.717, 1.165) is 44.9 Å². The van der Waals surface area contributed by atoms with Crippen LogP contribution >= 0.6 is 11.3 Å². The minimum absolute atomic E-state index is 0.0868. The fourth-order valence-corrected chi connectivity index (χ4v) is 3.98. The molecule has 140 valence electrons. The van der Waals surface area contributed by atoms with Crippen LogP contribution in [-0.2, 0) is 11.2 Å². The van der Waals surface area contributed by atoms with E-state index in [2.05, 4.69) is 40.1 Å². The average molecular weight is 365 g/mol. The number of rotatable bonds is 6. The summed E-state index contributed by atoms with van der Waals surface area (Å²) < 4.78 is 0. The van der Waals surface area contributed by atoms with Crippen LogP contribution in [0, 0.1) is 11.8 Å². The number of carbonyl (C=O) groups excluding carboxylic acids is 1. The molecular formula is C19H32N4OS. The summed E-state index contributed by atoms with van der Waals surface area (Å²) in [6.45, 7) is 8.77. The first-order valence-corrected chi connectivity index (χ1v) is 10.2. The highest BCUT2D eigenvalue weighted by atomic mass is 32.1. The largest absolute Gasteiger partial charge is 0.356 e. The highest BCUT2D eigenvalue weighted by Crippen LogP contribution is 2.15. The van der Waals surface area contributed by atoms with E-state index in [9.17, 15) is 4.79 Å². The van der Waals surface area contributed by atoms with Crippen molar-refractivity contribution in [3.8, 4) is 0 Å². The monoisotopic (exact) mass is 364 g/mol. The van der Waals surface area contributed by atoms with Crippen LogP contribution in [0.4, 0.5) is 0 Å². The maximum Gasteiger partial charge on any atom is 0.225 e. The van der Waals surface area contributed by atoms with Crippen molar-refractivity contribution in [3.05, 3.63) is 22.4 Å². The molecule has 1 atom stereocenters. The third kappa shape index (κ3) is 6.34. The number of thiophene rings is 1. The molecule has 25 heavy (non-hydrogen) atoms. The molecule has 1 aromatic rings. The molecular weight excluding hydrogens is 332 g/mol. The van der Waals surface area contributed by atoms with Gasteiger partial charge in [0.25, 0.3) is 0 Å². The van der Waals surface area contributed by atoms with Crippen LogP contribution in [0.1, 0.15) is 38.5 Å². The Bertz CT molecular complexity index is 548. The first-order valence-electron chi connectivity index (χ1n) is 9.28. The van der Waals surface area contributed by atoms with Gasteiger partial charge >= 0.3 is 0 Å². The van der Waals surface area contributed by atoms with Crippen LogP contribution in [0.25, 0.3) is 0 Å². The lowest BCUT2D eigenvalue weighted by molar-refractivity contribution is -0.135. The van der Waals surface area contributed by atoms with Crippen molar-refractivity contribution >= 4 is 23.2 Å². The molecule has 2 N–H and O–H groups in total. The summed E-state index contributed by atoms with van der Waals surface area (Å²) in [5.74, 6) is 1.78. The van der Waals surface area contributed by atoms with Gasteiger partial charge in [-0.25, -0.2) is 0 Å². The Morgan fingerprint density at radius 3 is 2.64 bits per heavy atom. The van der Waals surface area contributed by atoms with Gasteiger partial charge in [-0.3, -0.25) is 9.79 Å². The molecule has 1 aliphatic rings. The van der Waals surface area contributed by atoms with Gasteiger partial charge in [-0.05, 0) is 36.6 Å². The Labute approximate surface area is 155 Å². The summed E-state index contributed by atoms with van der Waals surface area (Å²) in [5.41, 5.74) is 0. The number of nitrogens with one attached hydrogen (secondary N) is 2. The Morgan fingerprint density at radius 2 is 2.08 bits per heavy atom. The number of hydrogen-bond donors (Lipinski definition) is 2. The Kier molecular flexibility index (Phi) is 7.75. The van der Waals surface area contributed by atoms with E-state index in [1.807, 2.05) is 37.1 Å². The van der Waals surface area contributed by atoms with Crippen LogP contribution in [0.5, 0.6) is 0 Å². The van der Waals surface area contributed by atoms with E-state index in [1.54, 1.807) is 0 Å². The molecule has 0 aliphatic carbocycles. The zero-order valence-corrected chi connectivity index (χ0v) is 16.7. The second-order valence-corrected chi connectivity index (χ2v) is 8.27. The van der Waals surface area contributed by atoms with Crippen molar-refractivity contribution in [2.75, 3.05) is 26.7 Å². The third-order valence-electron chi connectivity index (χ3n) is 4.61. The molecule has 2 rings (SSSR count). The van der Waals surface area contributed by atoms with Crippen molar-refractivity contribution in [1.29, 1.82) is 0 Å². The van der Waals surface area contributed by atoms with Gasteiger partial charge in [0.2, 0.25) is 5.91 Å². The van der Waals surface area contributed by atoms with Gasteiger partial charge in [-0.1, -0.05) is 26.8 Å². The van der Waals surface area contributed by atoms with Crippen LogP contribution < -0.4 is 10.6 Å². The number of nitrogens with zero attached hydrogens (tertiary/aromatic N) is 2. The van der Waals surface area contributed by atoms with E-state index in [0.29, 0.717) is 12.0 Å². The molecule has 1 aromatic heterocycles. The SMILES string of the molecule is CN=C(NCC(C)Cc1cccs1)NC1CCN(C(=O)C(C)C)CC1. The predicted molar refractivity (Wildman–Crippen MR) is 106 cm³/mol. The van der Waals surface area contributed by atoms with Gasteiger partial charge in [0.05, 0.1) is 0 Å². The van der Waals surface area contributed by atoms with Gasteiger partial charge in [-0.2, -0.15) is 0 Å².